The number of benzene rings is 1. The molecule has 0 saturated carbocycles. The first kappa shape index (κ1) is 17.9. The Balaban J connectivity index is 1.62. The lowest BCUT2D eigenvalue weighted by atomic mass is 9.75. The number of fused-ring (bicyclic) bond motifs is 2. The van der Waals surface area contributed by atoms with Gasteiger partial charge >= 0.3 is 0 Å². The fourth-order valence-electron chi connectivity index (χ4n) is 5.23. The maximum absolute atomic E-state index is 13.8. The number of hydrogen-bond donors (Lipinski definition) is 0. The number of halogens is 2. The molecule has 4 aliphatic heterocycles. The minimum absolute atomic E-state index is 0.0376. The number of rotatable bonds is 5. The molecule has 5 rings (SSSR count). The van der Waals surface area contributed by atoms with E-state index in [1.807, 2.05) is 11.8 Å². The molecule has 6 heteroatoms. The maximum atomic E-state index is 13.8. The van der Waals surface area contributed by atoms with Gasteiger partial charge in [-0.05, 0) is 56.5 Å². The van der Waals surface area contributed by atoms with Crippen LogP contribution in [0.15, 0.2) is 18.2 Å². The fraction of sp³-hybridized carbons (Fsp3) is 0.650. The van der Waals surface area contributed by atoms with Crippen molar-refractivity contribution in [1.29, 1.82) is 0 Å². The highest BCUT2D eigenvalue weighted by atomic mass is 19.1. The summed E-state index contributed by atoms with van der Waals surface area (Å²) in [5.41, 5.74) is 0.671. The second-order valence-electron chi connectivity index (χ2n) is 7.66. The first-order chi connectivity index (χ1) is 12.6. The zero-order valence-corrected chi connectivity index (χ0v) is 15.2. The summed E-state index contributed by atoms with van der Waals surface area (Å²) in [6, 6.07) is 4.10. The number of ether oxygens (including phenoxy) is 1. The van der Waals surface area contributed by atoms with Crippen molar-refractivity contribution >= 4 is 5.91 Å². The van der Waals surface area contributed by atoms with Gasteiger partial charge in [-0.25, -0.2) is 8.78 Å². The van der Waals surface area contributed by atoms with Crippen molar-refractivity contribution in [1.82, 2.24) is 9.80 Å². The van der Waals surface area contributed by atoms with Crippen molar-refractivity contribution in [3.05, 3.63) is 35.4 Å². The molecule has 0 aromatic heterocycles. The van der Waals surface area contributed by atoms with E-state index in [-0.39, 0.29) is 23.9 Å². The molecule has 1 amide bonds. The molecule has 0 unspecified atom stereocenters. The average Bonchev–Trinajstić information content (AvgIpc) is 3.05. The number of nitrogens with zero attached hydrogens (tertiary/aromatic N) is 2. The predicted octanol–water partition coefficient (Wildman–Crippen LogP) is 2.78. The van der Waals surface area contributed by atoms with Crippen molar-refractivity contribution in [2.24, 2.45) is 5.92 Å². The van der Waals surface area contributed by atoms with E-state index in [0.29, 0.717) is 37.7 Å². The van der Waals surface area contributed by atoms with Crippen LogP contribution in [0.1, 0.15) is 37.7 Å². The van der Waals surface area contributed by atoms with E-state index in [1.165, 1.54) is 12.1 Å². The van der Waals surface area contributed by atoms with Gasteiger partial charge in [0.25, 0.3) is 0 Å². The van der Waals surface area contributed by atoms with Gasteiger partial charge in [0.05, 0.1) is 19.1 Å². The lowest BCUT2D eigenvalue weighted by molar-refractivity contribution is -0.137. The van der Waals surface area contributed by atoms with Gasteiger partial charge in [-0.1, -0.05) is 0 Å². The molecule has 0 radical (unpaired) electrons. The van der Waals surface area contributed by atoms with E-state index in [1.54, 1.807) is 0 Å². The molecule has 4 saturated heterocycles. The molecule has 1 aromatic carbocycles. The molecular formula is C20H26F2N2O2. The number of likely N-dealkylation sites (tertiary alicyclic amines) is 1. The van der Waals surface area contributed by atoms with Gasteiger partial charge in [-0.2, -0.15) is 0 Å². The molecule has 3 atom stereocenters. The molecule has 4 nitrogen and oxygen atoms in total. The van der Waals surface area contributed by atoms with Crippen LogP contribution in [0.2, 0.25) is 0 Å². The summed E-state index contributed by atoms with van der Waals surface area (Å²) >= 11 is 0. The van der Waals surface area contributed by atoms with E-state index in [2.05, 4.69) is 4.90 Å². The van der Waals surface area contributed by atoms with Gasteiger partial charge in [0.1, 0.15) is 11.6 Å². The van der Waals surface area contributed by atoms with Crippen LogP contribution in [-0.2, 0) is 9.53 Å². The Morgan fingerprint density at radius 2 is 1.85 bits per heavy atom. The summed E-state index contributed by atoms with van der Waals surface area (Å²) in [4.78, 5) is 17.2. The van der Waals surface area contributed by atoms with Crippen molar-refractivity contribution in [2.75, 3.05) is 32.8 Å². The first-order valence-electron chi connectivity index (χ1n) is 9.65. The highest BCUT2D eigenvalue weighted by Crippen LogP contribution is 2.46. The van der Waals surface area contributed by atoms with Gasteiger partial charge in [0.2, 0.25) is 5.91 Å². The number of carbonyl (C=O) groups excluding carboxylic acids is 1. The van der Waals surface area contributed by atoms with Crippen molar-refractivity contribution in [3.8, 4) is 0 Å². The van der Waals surface area contributed by atoms with E-state index >= 15 is 0 Å². The topological polar surface area (TPSA) is 32.8 Å². The number of hydrogen-bond acceptors (Lipinski definition) is 3. The molecule has 4 heterocycles. The Kier molecular flexibility index (Phi) is 4.97. The standard InChI is InChI=1S/C20H26F2N2O2/c1-2-26-8-5-18(25)24-12-17(14-9-15(21)11-16(22)10-14)20-19(24)13-3-6-23(20)7-4-13/h9-11,13,17,19-20H,2-8,12H2,1H3/t17-,19-,20-/m1/s1. The molecular weight excluding hydrogens is 338 g/mol. The largest absolute Gasteiger partial charge is 0.381 e. The maximum Gasteiger partial charge on any atom is 0.225 e. The van der Waals surface area contributed by atoms with Crippen molar-refractivity contribution < 1.29 is 18.3 Å². The normalized spacial score (nSPS) is 32.7. The summed E-state index contributed by atoms with van der Waals surface area (Å²) in [5.74, 6) is -0.544. The van der Waals surface area contributed by atoms with Crippen LogP contribution in [0, 0.1) is 17.6 Å². The zero-order valence-electron chi connectivity index (χ0n) is 15.2. The average molecular weight is 364 g/mol. The van der Waals surface area contributed by atoms with Crippen LogP contribution in [0.4, 0.5) is 8.78 Å². The minimum atomic E-state index is -0.548. The first-order valence-corrected chi connectivity index (χ1v) is 9.65. The lowest BCUT2D eigenvalue weighted by Crippen LogP contribution is -2.60. The zero-order chi connectivity index (χ0) is 18.3. The highest BCUT2D eigenvalue weighted by Gasteiger charge is 2.54. The highest BCUT2D eigenvalue weighted by molar-refractivity contribution is 5.77. The lowest BCUT2D eigenvalue weighted by Gasteiger charge is -2.51. The molecule has 142 valence electrons. The number of amides is 1. The third kappa shape index (κ3) is 3.14. The molecule has 26 heavy (non-hydrogen) atoms. The van der Waals surface area contributed by atoms with E-state index in [9.17, 15) is 13.6 Å². The Morgan fingerprint density at radius 3 is 2.50 bits per heavy atom. The Bertz CT molecular complexity index is 656. The quantitative estimate of drug-likeness (QED) is 0.754. The summed E-state index contributed by atoms with van der Waals surface area (Å²) in [7, 11) is 0. The van der Waals surface area contributed by atoms with Gasteiger partial charge in [-0.15, -0.1) is 0 Å². The SMILES string of the molecule is CCOCCC(=O)N1C[C@H](c2cc(F)cc(F)c2)[C@@H]2[C@H]1C1CCN2CC1. The van der Waals surface area contributed by atoms with Crippen LogP contribution >= 0.6 is 0 Å². The second kappa shape index (κ2) is 7.24. The van der Waals surface area contributed by atoms with Crippen LogP contribution in [0.5, 0.6) is 0 Å². The molecule has 4 aliphatic rings. The number of piperidine rings is 3. The molecule has 0 N–H and O–H groups in total. The number of carbonyl (C=O) groups is 1. The molecule has 1 aromatic rings. The monoisotopic (exact) mass is 364 g/mol. The van der Waals surface area contributed by atoms with Crippen molar-refractivity contribution in [2.45, 2.75) is 44.2 Å². The summed E-state index contributed by atoms with van der Waals surface area (Å²) in [6.45, 7) is 5.51. The van der Waals surface area contributed by atoms with Crippen LogP contribution in [-0.4, -0.2) is 60.6 Å². The summed E-state index contributed by atoms with van der Waals surface area (Å²) in [6.07, 6.45) is 2.56. The Hall–Kier alpha value is -1.53. The molecule has 0 aliphatic carbocycles. The second-order valence-corrected chi connectivity index (χ2v) is 7.66. The molecule has 2 bridgehead atoms. The molecule has 0 spiro atoms. The third-order valence-electron chi connectivity index (χ3n) is 6.29. The Labute approximate surface area is 153 Å². The van der Waals surface area contributed by atoms with E-state index < -0.39 is 11.6 Å². The summed E-state index contributed by atoms with van der Waals surface area (Å²) < 4.78 is 33.0. The van der Waals surface area contributed by atoms with Gasteiger partial charge < -0.3 is 9.64 Å². The third-order valence-corrected chi connectivity index (χ3v) is 6.29. The minimum Gasteiger partial charge on any atom is -0.381 e. The summed E-state index contributed by atoms with van der Waals surface area (Å²) in [5, 5.41) is 0. The van der Waals surface area contributed by atoms with E-state index in [4.69, 9.17) is 4.74 Å². The Morgan fingerprint density at radius 1 is 1.15 bits per heavy atom. The van der Waals surface area contributed by atoms with Crippen LogP contribution in [0.25, 0.3) is 0 Å². The predicted molar refractivity (Wildman–Crippen MR) is 93.8 cm³/mol. The molecule has 4 fully saturated rings. The van der Waals surface area contributed by atoms with Crippen LogP contribution in [0.3, 0.4) is 0 Å². The van der Waals surface area contributed by atoms with Crippen molar-refractivity contribution in [3.63, 3.8) is 0 Å². The van der Waals surface area contributed by atoms with Gasteiger partial charge in [0, 0.05) is 31.2 Å². The van der Waals surface area contributed by atoms with Gasteiger partial charge in [-0.3, -0.25) is 9.69 Å². The smallest absolute Gasteiger partial charge is 0.225 e. The fourth-order valence-corrected chi connectivity index (χ4v) is 5.23. The van der Waals surface area contributed by atoms with Gasteiger partial charge in [0.15, 0.2) is 0 Å². The van der Waals surface area contributed by atoms with Crippen LogP contribution < -0.4 is 0 Å². The van der Waals surface area contributed by atoms with E-state index in [0.717, 1.165) is 32.0 Å².